The fraction of sp³-hybridized carbons (Fsp3) is 0.929. The number of nitrogens with zero attached hydrogens (tertiary/aromatic N) is 4. The SMILES string of the molecule is CC(C)[C@H]1COC(=O)N1[C@H]1CCCN2CCC[C@@H]12.CC(C)[C@H]1COC(=O)N1[C@H]1CCCN2CCC[C@@H]12. The third kappa shape index (κ3) is 4.96. The van der Waals surface area contributed by atoms with Gasteiger partial charge in [-0.25, -0.2) is 9.59 Å². The van der Waals surface area contributed by atoms with Gasteiger partial charge in [0.05, 0.1) is 24.2 Å². The molecule has 0 unspecified atom stereocenters. The fourth-order valence-electron chi connectivity index (χ4n) is 7.86. The van der Waals surface area contributed by atoms with E-state index in [0.29, 0.717) is 49.2 Å². The van der Waals surface area contributed by atoms with Crippen LogP contribution in [0.4, 0.5) is 9.59 Å². The van der Waals surface area contributed by atoms with Gasteiger partial charge in [-0.3, -0.25) is 19.6 Å². The number of cyclic esters (lactones) is 2. The van der Waals surface area contributed by atoms with Gasteiger partial charge in [-0.05, 0) is 89.4 Å². The van der Waals surface area contributed by atoms with Gasteiger partial charge in [-0.15, -0.1) is 0 Å². The first-order valence-electron chi connectivity index (χ1n) is 14.7. The lowest BCUT2D eigenvalue weighted by Crippen LogP contribution is -2.56. The summed E-state index contributed by atoms with van der Waals surface area (Å²) in [7, 11) is 0. The van der Waals surface area contributed by atoms with Gasteiger partial charge in [0.1, 0.15) is 13.2 Å². The summed E-state index contributed by atoms with van der Waals surface area (Å²) in [6.07, 6.45) is 9.66. The molecule has 8 nitrogen and oxygen atoms in total. The normalized spacial score (nSPS) is 37.2. The maximum absolute atomic E-state index is 12.1. The number of amides is 2. The first-order valence-corrected chi connectivity index (χ1v) is 14.7. The highest BCUT2D eigenvalue weighted by Gasteiger charge is 2.47. The quantitative estimate of drug-likeness (QED) is 0.572. The van der Waals surface area contributed by atoms with Crippen molar-refractivity contribution in [2.24, 2.45) is 11.8 Å². The Kier molecular flexibility index (Phi) is 8.01. The number of rotatable bonds is 4. The molecule has 0 spiro atoms. The van der Waals surface area contributed by atoms with Gasteiger partial charge in [0.25, 0.3) is 0 Å². The van der Waals surface area contributed by atoms with Crippen LogP contribution in [0.2, 0.25) is 0 Å². The Balaban J connectivity index is 0.000000148. The van der Waals surface area contributed by atoms with Crippen LogP contribution in [-0.2, 0) is 9.47 Å². The second-order valence-electron chi connectivity index (χ2n) is 12.5. The van der Waals surface area contributed by atoms with Crippen molar-refractivity contribution in [2.75, 3.05) is 39.4 Å². The van der Waals surface area contributed by atoms with Gasteiger partial charge in [0.2, 0.25) is 0 Å². The number of piperidine rings is 2. The standard InChI is InChI=1S/2C14H24N2O2/c2*1-10(2)13-9-18-14(17)16(13)12-6-4-8-15-7-3-5-11(12)15/h2*10-13H,3-9H2,1-2H3/t2*11-,12-,13+/m00/s1. The molecule has 0 saturated carbocycles. The molecule has 0 radical (unpaired) electrons. The highest BCUT2D eigenvalue weighted by Crippen LogP contribution is 2.36. The molecule has 0 aliphatic carbocycles. The summed E-state index contributed by atoms with van der Waals surface area (Å²) in [5, 5.41) is 0. The van der Waals surface area contributed by atoms with Crippen molar-refractivity contribution < 1.29 is 19.1 Å². The lowest BCUT2D eigenvalue weighted by Gasteiger charge is -2.43. The summed E-state index contributed by atoms with van der Waals surface area (Å²) < 4.78 is 10.6. The average Bonchev–Trinajstić information content (AvgIpc) is 3.64. The first kappa shape index (κ1) is 26.1. The molecule has 0 N–H and O–H groups in total. The van der Waals surface area contributed by atoms with E-state index >= 15 is 0 Å². The Morgan fingerprint density at radius 2 is 0.917 bits per heavy atom. The summed E-state index contributed by atoms with van der Waals surface area (Å²) in [6, 6.07) is 2.52. The monoisotopic (exact) mass is 504 g/mol. The molecular weight excluding hydrogens is 456 g/mol. The number of carbonyl (C=O) groups excluding carboxylic acids is 2. The molecular formula is C28H48N4O4. The predicted octanol–water partition coefficient (Wildman–Crippen LogP) is 4.18. The summed E-state index contributed by atoms with van der Waals surface area (Å²) in [5.41, 5.74) is 0. The van der Waals surface area contributed by atoms with Crippen LogP contribution in [-0.4, -0.2) is 107 Å². The number of hydrogen-bond acceptors (Lipinski definition) is 6. The van der Waals surface area contributed by atoms with Crippen LogP contribution in [0.1, 0.15) is 79.1 Å². The third-order valence-corrected chi connectivity index (χ3v) is 9.75. The van der Waals surface area contributed by atoms with Crippen LogP contribution < -0.4 is 0 Å². The second-order valence-corrected chi connectivity index (χ2v) is 12.5. The van der Waals surface area contributed by atoms with Gasteiger partial charge >= 0.3 is 12.2 Å². The summed E-state index contributed by atoms with van der Waals surface area (Å²) in [6.45, 7) is 14.8. The van der Waals surface area contributed by atoms with E-state index in [1.54, 1.807) is 0 Å². The largest absolute Gasteiger partial charge is 0.447 e. The maximum atomic E-state index is 12.1. The summed E-state index contributed by atoms with van der Waals surface area (Å²) >= 11 is 0. The summed E-state index contributed by atoms with van der Waals surface area (Å²) in [5.74, 6) is 0.960. The molecule has 0 aromatic heterocycles. The van der Waals surface area contributed by atoms with Gasteiger partial charge < -0.3 is 9.47 Å². The van der Waals surface area contributed by atoms with E-state index in [4.69, 9.17) is 9.47 Å². The average molecular weight is 505 g/mol. The molecule has 6 fully saturated rings. The molecule has 6 rings (SSSR count). The predicted molar refractivity (Wildman–Crippen MR) is 139 cm³/mol. The van der Waals surface area contributed by atoms with Crippen molar-refractivity contribution in [2.45, 2.75) is 115 Å². The molecule has 6 atom stereocenters. The van der Waals surface area contributed by atoms with Crippen molar-refractivity contribution in [3.63, 3.8) is 0 Å². The molecule has 6 heterocycles. The van der Waals surface area contributed by atoms with E-state index in [-0.39, 0.29) is 24.3 Å². The van der Waals surface area contributed by atoms with Gasteiger partial charge in [-0.1, -0.05) is 27.7 Å². The Bertz CT molecular complexity index is 728. The third-order valence-electron chi connectivity index (χ3n) is 9.75. The molecule has 0 aromatic rings. The van der Waals surface area contributed by atoms with E-state index in [0.717, 1.165) is 12.8 Å². The molecule has 2 amide bonds. The molecule has 0 bridgehead atoms. The van der Waals surface area contributed by atoms with Crippen LogP contribution in [0.3, 0.4) is 0 Å². The topological polar surface area (TPSA) is 65.6 Å². The molecule has 6 saturated heterocycles. The Hall–Kier alpha value is -1.54. The van der Waals surface area contributed by atoms with Crippen LogP contribution in [0.5, 0.6) is 0 Å². The minimum Gasteiger partial charge on any atom is -0.447 e. The Morgan fingerprint density at radius 1 is 0.583 bits per heavy atom. The van der Waals surface area contributed by atoms with Crippen molar-refractivity contribution in [3.05, 3.63) is 0 Å². The second kappa shape index (κ2) is 11.1. The fourth-order valence-corrected chi connectivity index (χ4v) is 7.86. The van der Waals surface area contributed by atoms with Crippen LogP contribution in [0.25, 0.3) is 0 Å². The minimum atomic E-state index is -0.0764. The van der Waals surface area contributed by atoms with Crippen LogP contribution >= 0.6 is 0 Å². The molecule has 6 aliphatic heterocycles. The van der Waals surface area contributed by atoms with Crippen molar-refractivity contribution in [1.82, 2.24) is 19.6 Å². The van der Waals surface area contributed by atoms with Crippen LogP contribution in [0, 0.1) is 11.8 Å². The number of ether oxygens (including phenoxy) is 2. The Labute approximate surface area is 217 Å². The Morgan fingerprint density at radius 3 is 1.25 bits per heavy atom. The van der Waals surface area contributed by atoms with E-state index in [1.165, 1.54) is 64.7 Å². The molecule has 8 heteroatoms. The van der Waals surface area contributed by atoms with Crippen LogP contribution in [0.15, 0.2) is 0 Å². The van der Waals surface area contributed by atoms with E-state index in [1.807, 2.05) is 0 Å². The smallest absolute Gasteiger partial charge is 0.410 e. The molecule has 36 heavy (non-hydrogen) atoms. The number of fused-ring (bicyclic) bond motifs is 2. The minimum absolute atomic E-state index is 0.0764. The van der Waals surface area contributed by atoms with Gasteiger partial charge in [0.15, 0.2) is 0 Å². The number of hydrogen-bond donors (Lipinski definition) is 0. The molecule has 6 aliphatic rings. The lowest BCUT2D eigenvalue weighted by molar-refractivity contribution is 0.0623. The zero-order valence-corrected chi connectivity index (χ0v) is 22.9. The zero-order chi connectivity index (χ0) is 25.4. The highest BCUT2D eigenvalue weighted by atomic mass is 16.6. The first-order chi connectivity index (χ1) is 17.4. The van der Waals surface area contributed by atoms with Crippen molar-refractivity contribution >= 4 is 12.2 Å². The van der Waals surface area contributed by atoms with E-state index in [9.17, 15) is 9.59 Å². The van der Waals surface area contributed by atoms with Gasteiger partial charge in [-0.2, -0.15) is 0 Å². The highest BCUT2D eigenvalue weighted by molar-refractivity contribution is 5.71. The van der Waals surface area contributed by atoms with Crippen molar-refractivity contribution in [1.29, 1.82) is 0 Å². The molecule has 0 aromatic carbocycles. The van der Waals surface area contributed by atoms with E-state index in [2.05, 4.69) is 47.3 Å². The van der Waals surface area contributed by atoms with E-state index < -0.39 is 0 Å². The van der Waals surface area contributed by atoms with Gasteiger partial charge in [0, 0.05) is 12.1 Å². The lowest BCUT2D eigenvalue weighted by atomic mass is 9.92. The molecule has 204 valence electrons. The number of carbonyl (C=O) groups is 2. The maximum Gasteiger partial charge on any atom is 0.410 e. The van der Waals surface area contributed by atoms with Crippen molar-refractivity contribution in [3.8, 4) is 0 Å². The summed E-state index contributed by atoms with van der Waals surface area (Å²) in [4.78, 5) is 33.4. The zero-order valence-electron chi connectivity index (χ0n) is 22.9.